The minimum Gasteiger partial charge on any atom is -0.377 e. The molecular weight excluding hydrogens is 344 g/mol. The van der Waals surface area contributed by atoms with E-state index in [1.165, 1.54) is 0 Å². The number of aromatic nitrogens is 2. The third-order valence-electron chi connectivity index (χ3n) is 4.78. The SMILES string of the molecule is CCc1ccccc1-n1c(SC[C@H]2CCCO2)nc2ccccc2c1=O. The highest BCUT2D eigenvalue weighted by Crippen LogP contribution is 2.26. The van der Waals surface area contributed by atoms with E-state index < -0.39 is 0 Å². The first-order valence-electron chi connectivity index (χ1n) is 9.12. The monoisotopic (exact) mass is 366 g/mol. The van der Waals surface area contributed by atoms with Gasteiger partial charge in [-0.15, -0.1) is 0 Å². The molecule has 4 nitrogen and oxygen atoms in total. The maximum atomic E-state index is 13.3. The summed E-state index contributed by atoms with van der Waals surface area (Å²) < 4.78 is 7.53. The van der Waals surface area contributed by atoms with E-state index in [1.54, 1.807) is 16.3 Å². The number of para-hydroxylation sites is 2. The molecule has 0 bridgehead atoms. The van der Waals surface area contributed by atoms with Crippen molar-refractivity contribution in [2.24, 2.45) is 0 Å². The van der Waals surface area contributed by atoms with Gasteiger partial charge >= 0.3 is 0 Å². The van der Waals surface area contributed by atoms with Crippen molar-refractivity contribution in [1.29, 1.82) is 0 Å². The summed E-state index contributed by atoms with van der Waals surface area (Å²) >= 11 is 1.61. The predicted octanol–water partition coefficient (Wildman–Crippen LogP) is 4.22. The van der Waals surface area contributed by atoms with E-state index in [0.717, 1.165) is 53.5 Å². The van der Waals surface area contributed by atoms with Crippen LogP contribution in [0.1, 0.15) is 25.3 Å². The minimum absolute atomic E-state index is 0.00802. The van der Waals surface area contributed by atoms with Crippen molar-refractivity contribution in [3.8, 4) is 5.69 Å². The summed E-state index contributed by atoms with van der Waals surface area (Å²) in [5, 5.41) is 1.39. The Kier molecular flexibility index (Phi) is 5.09. The van der Waals surface area contributed by atoms with Gasteiger partial charge in [0.25, 0.3) is 5.56 Å². The first-order valence-corrected chi connectivity index (χ1v) is 10.1. The summed E-state index contributed by atoms with van der Waals surface area (Å²) in [5.74, 6) is 0.819. The smallest absolute Gasteiger partial charge is 0.266 e. The average molecular weight is 366 g/mol. The van der Waals surface area contributed by atoms with Crippen LogP contribution in [0.15, 0.2) is 58.5 Å². The van der Waals surface area contributed by atoms with Crippen LogP contribution in [-0.4, -0.2) is 28.0 Å². The molecule has 0 N–H and O–H groups in total. The Morgan fingerprint density at radius 2 is 2.00 bits per heavy atom. The molecule has 0 unspecified atom stereocenters. The van der Waals surface area contributed by atoms with Gasteiger partial charge in [-0.25, -0.2) is 4.98 Å². The summed E-state index contributed by atoms with van der Waals surface area (Å²) in [5.41, 5.74) is 2.81. The summed E-state index contributed by atoms with van der Waals surface area (Å²) in [6, 6.07) is 15.6. The molecule has 134 valence electrons. The van der Waals surface area contributed by atoms with Gasteiger partial charge in [-0.05, 0) is 43.0 Å². The molecule has 0 aliphatic carbocycles. The van der Waals surface area contributed by atoms with Gasteiger partial charge in [0.1, 0.15) is 0 Å². The normalized spacial score (nSPS) is 17.0. The number of fused-ring (bicyclic) bond motifs is 1. The number of hydrogen-bond donors (Lipinski definition) is 0. The first kappa shape index (κ1) is 17.3. The standard InChI is InChI=1S/C21H22N2O2S/c1-2-15-8-3-6-12-19(15)23-20(24)17-10-4-5-11-18(17)22-21(23)26-14-16-9-7-13-25-16/h3-6,8,10-12,16H,2,7,9,13-14H2,1H3/t16-/m1/s1. The van der Waals surface area contributed by atoms with Gasteiger partial charge in [-0.2, -0.15) is 0 Å². The van der Waals surface area contributed by atoms with Crippen LogP contribution in [0.4, 0.5) is 0 Å². The number of benzene rings is 2. The molecule has 3 aromatic rings. The number of hydrogen-bond acceptors (Lipinski definition) is 4. The third-order valence-corrected chi connectivity index (χ3v) is 5.85. The molecule has 5 heteroatoms. The number of thioether (sulfide) groups is 1. The Morgan fingerprint density at radius 1 is 1.19 bits per heavy atom. The Morgan fingerprint density at radius 3 is 2.81 bits per heavy atom. The molecule has 1 aliphatic heterocycles. The second-order valence-electron chi connectivity index (χ2n) is 6.48. The molecule has 0 saturated carbocycles. The van der Waals surface area contributed by atoms with E-state index in [1.807, 2.05) is 42.5 Å². The zero-order valence-electron chi connectivity index (χ0n) is 14.9. The number of ether oxygens (including phenoxy) is 1. The Balaban J connectivity index is 1.86. The van der Waals surface area contributed by atoms with Gasteiger partial charge < -0.3 is 4.74 Å². The van der Waals surface area contributed by atoms with Crippen LogP contribution in [0.25, 0.3) is 16.6 Å². The van der Waals surface area contributed by atoms with Crippen LogP contribution >= 0.6 is 11.8 Å². The summed E-state index contributed by atoms with van der Waals surface area (Å²) in [6.45, 7) is 2.94. The van der Waals surface area contributed by atoms with Crippen molar-refractivity contribution in [3.63, 3.8) is 0 Å². The second-order valence-corrected chi connectivity index (χ2v) is 7.47. The van der Waals surface area contributed by atoms with E-state index in [9.17, 15) is 4.79 Å². The van der Waals surface area contributed by atoms with Crippen molar-refractivity contribution < 1.29 is 4.74 Å². The second kappa shape index (κ2) is 7.64. The van der Waals surface area contributed by atoms with Crippen LogP contribution in [0.5, 0.6) is 0 Å². The lowest BCUT2D eigenvalue weighted by atomic mass is 10.1. The maximum Gasteiger partial charge on any atom is 0.266 e. The van der Waals surface area contributed by atoms with Crippen molar-refractivity contribution in [2.45, 2.75) is 37.4 Å². The fourth-order valence-electron chi connectivity index (χ4n) is 3.39. The molecule has 4 rings (SSSR count). The summed E-state index contributed by atoms with van der Waals surface area (Å²) in [7, 11) is 0. The lowest BCUT2D eigenvalue weighted by Gasteiger charge is -2.17. The molecule has 0 spiro atoms. The quantitative estimate of drug-likeness (QED) is 0.501. The van der Waals surface area contributed by atoms with Crippen molar-refractivity contribution >= 4 is 22.7 Å². The van der Waals surface area contributed by atoms with E-state index in [0.29, 0.717) is 5.39 Å². The highest BCUT2D eigenvalue weighted by atomic mass is 32.2. The highest BCUT2D eigenvalue weighted by Gasteiger charge is 2.19. The molecular formula is C21H22N2O2S. The Labute approximate surface area is 157 Å². The lowest BCUT2D eigenvalue weighted by molar-refractivity contribution is 0.129. The zero-order chi connectivity index (χ0) is 17.9. The molecule has 1 atom stereocenters. The van der Waals surface area contributed by atoms with Gasteiger partial charge in [-0.3, -0.25) is 9.36 Å². The van der Waals surface area contributed by atoms with E-state index in [4.69, 9.17) is 9.72 Å². The van der Waals surface area contributed by atoms with Gasteiger partial charge in [0.2, 0.25) is 0 Å². The van der Waals surface area contributed by atoms with E-state index in [2.05, 4.69) is 13.0 Å². The first-order chi connectivity index (χ1) is 12.8. The highest BCUT2D eigenvalue weighted by molar-refractivity contribution is 7.99. The molecule has 2 aromatic carbocycles. The van der Waals surface area contributed by atoms with Gasteiger partial charge in [0.15, 0.2) is 5.16 Å². The summed E-state index contributed by atoms with van der Waals surface area (Å²) in [6.07, 6.45) is 3.31. The molecule has 1 saturated heterocycles. The van der Waals surface area contributed by atoms with E-state index in [-0.39, 0.29) is 11.7 Å². The van der Waals surface area contributed by atoms with Crippen LogP contribution in [0.3, 0.4) is 0 Å². The molecule has 0 radical (unpaired) electrons. The zero-order valence-corrected chi connectivity index (χ0v) is 15.7. The van der Waals surface area contributed by atoms with Gasteiger partial charge in [-0.1, -0.05) is 49.0 Å². The molecule has 1 fully saturated rings. The molecule has 0 amide bonds. The lowest BCUT2D eigenvalue weighted by Crippen LogP contribution is -2.23. The number of aryl methyl sites for hydroxylation is 1. The van der Waals surface area contributed by atoms with E-state index >= 15 is 0 Å². The molecule has 1 aromatic heterocycles. The van der Waals surface area contributed by atoms with Crippen molar-refractivity contribution in [1.82, 2.24) is 9.55 Å². The number of nitrogens with zero attached hydrogens (tertiary/aromatic N) is 2. The largest absolute Gasteiger partial charge is 0.377 e. The molecule has 1 aliphatic rings. The van der Waals surface area contributed by atoms with Crippen LogP contribution in [0, 0.1) is 0 Å². The van der Waals surface area contributed by atoms with Gasteiger partial charge in [0.05, 0.1) is 22.7 Å². The fraction of sp³-hybridized carbons (Fsp3) is 0.333. The average Bonchev–Trinajstić information content (AvgIpc) is 3.20. The number of rotatable bonds is 5. The van der Waals surface area contributed by atoms with Crippen LogP contribution in [0.2, 0.25) is 0 Å². The fourth-order valence-corrected chi connectivity index (χ4v) is 4.46. The van der Waals surface area contributed by atoms with Gasteiger partial charge in [0, 0.05) is 12.4 Å². The summed E-state index contributed by atoms with van der Waals surface area (Å²) in [4.78, 5) is 18.1. The Hall–Kier alpha value is -2.11. The minimum atomic E-state index is -0.00802. The third kappa shape index (κ3) is 3.29. The van der Waals surface area contributed by atoms with Crippen LogP contribution in [-0.2, 0) is 11.2 Å². The topological polar surface area (TPSA) is 44.1 Å². The van der Waals surface area contributed by atoms with Crippen molar-refractivity contribution in [3.05, 3.63) is 64.4 Å². The Bertz CT molecular complexity index is 977. The maximum absolute atomic E-state index is 13.3. The van der Waals surface area contributed by atoms with Crippen LogP contribution < -0.4 is 5.56 Å². The molecule has 26 heavy (non-hydrogen) atoms. The molecule has 2 heterocycles. The van der Waals surface area contributed by atoms with Crippen molar-refractivity contribution in [2.75, 3.05) is 12.4 Å². The predicted molar refractivity (Wildman–Crippen MR) is 106 cm³/mol.